The van der Waals surface area contributed by atoms with Crippen LogP contribution in [0, 0.1) is 0 Å². The van der Waals surface area contributed by atoms with Crippen molar-refractivity contribution in [3.8, 4) is 0 Å². The molecule has 0 saturated carbocycles. The molecule has 0 unspecified atom stereocenters. The van der Waals surface area contributed by atoms with Gasteiger partial charge in [-0.2, -0.15) is 13.2 Å². The standard InChI is InChI=1S/C8H12F3NO2/c1-6(2,3)12-5(13)7(4-14-7)8(9,10)11/h4H2,1-3H3,(H,12,13)/t7-/m1/s1. The molecule has 82 valence electrons. The number of amides is 1. The van der Waals surface area contributed by atoms with E-state index in [4.69, 9.17) is 0 Å². The van der Waals surface area contributed by atoms with Gasteiger partial charge in [0.2, 0.25) is 0 Å². The van der Waals surface area contributed by atoms with Crippen LogP contribution in [0.2, 0.25) is 0 Å². The van der Waals surface area contributed by atoms with Crippen LogP contribution in [0.5, 0.6) is 0 Å². The Bertz CT molecular complexity index is 250. The number of epoxide rings is 1. The molecular weight excluding hydrogens is 199 g/mol. The molecule has 6 heteroatoms. The van der Waals surface area contributed by atoms with E-state index >= 15 is 0 Å². The van der Waals surface area contributed by atoms with Gasteiger partial charge >= 0.3 is 6.18 Å². The summed E-state index contributed by atoms with van der Waals surface area (Å²) in [5.74, 6) is -1.11. The van der Waals surface area contributed by atoms with E-state index in [9.17, 15) is 18.0 Å². The second-order valence-electron chi connectivity index (χ2n) is 4.32. The molecule has 0 bridgehead atoms. The molecule has 1 amide bonds. The molecule has 1 heterocycles. The minimum atomic E-state index is -4.64. The molecule has 0 aromatic heterocycles. The van der Waals surface area contributed by atoms with Crippen LogP contribution in [0.15, 0.2) is 0 Å². The molecule has 1 aliphatic rings. The van der Waals surface area contributed by atoms with Crippen LogP contribution in [-0.4, -0.2) is 29.8 Å². The monoisotopic (exact) mass is 211 g/mol. The maximum atomic E-state index is 12.3. The van der Waals surface area contributed by atoms with E-state index in [1.54, 1.807) is 20.8 Å². The topological polar surface area (TPSA) is 41.6 Å². The highest BCUT2D eigenvalue weighted by Crippen LogP contribution is 2.43. The Balaban J connectivity index is 2.72. The summed E-state index contributed by atoms with van der Waals surface area (Å²) in [5.41, 5.74) is -3.29. The molecular formula is C8H12F3NO2. The fraction of sp³-hybridized carbons (Fsp3) is 0.875. The highest BCUT2D eigenvalue weighted by Gasteiger charge is 2.71. The van der Waals surface area contributed by atoms with E-state index in [1.165, 1.54) is 0 Å². The fourth-order valence-corrected chi connectivity index (χ4v) is 0.937. The second kappa shape index (κ2) is 2.85. The van der Waals surface area contributed by atoms with Gasteiger partial charge in [-0.1, -0.05) is 0 Å². The first kappa shape index (κ1) is 11.3. The molecule has 0 aliphatic carbocycles. The van der Waals surface area contributed by atoms with Crippen LogP contribution in [0.25, 0.3) is 0 Å². The van der Waals surface area contributed by atoms with Crippen molar-refractivity contribution in [2.45, 2.75) is 38.1 Å². The number of halogens is 3. The minimum absolute atomic E-state index is 0.585. The van der Waals surface area contributed by atoms with Crippen LogP contribution >= 0.6 is 0 Å². The smallest absolute Gasteiger partial charge is 0.351 e. The normalized spacial score (nSPS) is 27.3. The van der Waals surface area contributed by atoms with Gasteiger partial charge in [-0.05, 0) is 20.8 Å². The van der Waals surface area contributed by atoms with Gasteiger partial charge < -0.3 is 10.1 Å². The van der Waals surface area contributed by atoms with Gasteiger partial charge in [-0.25, -0.2) is 0 Å². The van der Waals surface area contributed by atoms with Gasteiger partial charge in [0.15, 0.2) is 0 Å². The summed E-state index contributed by atoms with van der Waals surface area (Å²) in [6.45, 7) is 4.24. The number of hydrogen-bond acceptors (Lipinski definition) is 2. The SMILES string of the molecule is CC(C)(C)NC(=O)[C@@]1(C(F)(F)F)CO1. The van der Waals surface area contributed by atoms with E-state index in [0.29, 0.717) is 0 Å². The molecule has 1 N–H and O–H groups in total. The Morgan fingerprint density at radius 3 is 2.00 bits per heavy atom. The molecule has 0 aromatic rings. The van der Waals surface area contributed by atoms with Gasteiger partial charge in [-0.15, -0.1) is 0 Å². The van der Waals surface area contributed by atoms with Crippen LogP contribution < -0.4 is 5.32 Å². The second-order valence-corrected chi connectivity index (χ2v) is 4.32. The van der Waals surface area contributed by atoms with E-state index in [-0.39, 0.29) is 0 Å². The van der Waals surface area contributed by atoms with Gasteiger partial charge in [0, 0.05) is 5.54 Å². The molecule has 1 aliphatic heterocycles. The number of alkyl halides is 3. The molecule has 3 nitrogen and oxygen atoms in total. The third kappa shape index (κ3) is 2.00. The summed E-state index contributed by atoms with van der Waals surface area (Å²) in [6, 6.07) is 0. The summed E-state index contributed by atoms with van der Waals surface area (Å²) in [5, 5.41) is 2.24. The van der Waals surface area contributed by atoms with Gasteiger partial charge in [0.1, 0.15) is 0 Å². The highest BCUT2D eigenvalue weighted by atomic mass is 19.4. The zero-order chi connectivity index (χ0) is 11.2. The van der Waals surface area contributed by atoms with Crippen molar-refractivity contribution in [3.05, 3.63) is 0 Å². The van der Waals surface area contributed by atoms with E-state index in [0.717, 1.165) is 0 Å². The fourth-order valence-electron chi connectivity index (χ4n) is 0.937. The van der Waals surface area contributed by atoms with Crippen LogP contribution in [0.4, 0.5) is 13.2 Å². The lowest BCUT2D eigenvalue weighted by molar-refractivity contribution is -0.190. The third-order valence-electron chi connectivity index (χ3n) is 1.75. The lowest BCUT2D eigenvalue weighted by Crippen LogP contribution is -2.53. The van der Waals surface area contributed by atoms with Gasteiger partial charge in [-0.3, -0.25) is 4.79 Å². The minimum Gasteiger partial charge on any atom is -0.351 e. The summed E-state index contributed by atoms with van der Waals surface area (Å²) in [7, 11) is 0. The van der Waals surface area contributed by atoms with Crippen LogP contribution in [-0.2, 0) is 9.53 Å². The van der Waals surface area contributed by atoms with Crippen molar-refractivity contribution in [2.24, 2.45) is 0 Å². The van der Waals surface area contributed by atoms with Crippen molar-refractivity contribution in [1.82, 2.24) is 5.32 Å². The maximum Gasteiger partial charge on any atom is 0.428 e. The van der Waals surface area contributed by atoms with Crippen molar-refractivity contribution >= 4 is 5.91 Å². The number of ether oxygens (including phenoxy) is 1. The van der Waals surface area contributed by atoms with Crippen LogP contribution in [0.1, 0.15) is 20.8 Å². The van der Waals surface area contributed by atoms with Crippen molar-refractivity contribution in [2.75, 3.05) is 6.61 Å². The number of carbonyl (C=O) groups is 1. The van der Waals surface area contributed by atoms with Crippen molar-refractivity contribution in [1.29, 1.82) is 0 Å². The molecule has 0 spiro atoms. The molecule has 0 radical (unpaired) electrons. The highest BCUT2D eigenvalue weighted by molar-refractivity contribution is 5.89. The Morgan fingerprint density at radius 2 is 1.79 bits per heavy atom. The largest absolute Gasteiger partial charge is 0.428 e. The molecule has 1 saturated heterocycles. The first-order valence-corrected chi connectivity index (χ1v) is 4.12. The molecule has 1 rings (SSSR count). The number of rotatable bonds is 1. The average molecular weight is 211 g/mol. The molecule has 1 fully saturated rings. The van der Waals surface area contributed by atoms with Crippen molar-refractivity contribution in [3.63, 3.8) is 0 Å². The molecule has 14 heavy (non-hydrogen) atoms. The summed E-state index contributed by atoms with van der Waals surface area (Å²) in [4.78, 5) is 11.2. The first-order valence-electron chi connectivity index (χ1n) is 4.12. The maximum absolute atomic E-state index is 12.3. The van der Waals surface area contributed by atoms with Gasteiger partial charge in [0.25, 0.3) is 11.5 Å². The lowest BCUT2D eigenvalue weighted by atomic mass is 10.1. The van der Waals surface area contributed by atoms with Crippen molar-refractivity contribution < 1.29 is 22.7 Å². The molecule has 1 atom stereocenters. The summed E-state index contributed by atoms with van der Waals surface area (Å²) in [6.07, 6.45) is -4.64. The summed E-state index contributed by atoms with van der Waals surface area (Å²) >= 11 is 0. The Labute approximate surface area is 79.6 Å². The number of hydrogen-bond donors (Lipinski definition) is 1. The predicted octanol–water partition coefficient (Wildman–Crippen LogP) is 1.23. The summed E-state index contributed by atoms with van der Waals surface area (Å²) < 4.78 is 41.2. The number of carbonyl (C=O) groups excluding carboxylic acids is 1. The van der Waals surface area contributed by atoms with E-state index < -0.39 is 29.8 Å². The van der Waals surface area contributed by atoms with Gasteiger partial charge in [0.05, 0.1) is 6.61 Å². The lowest BCUT2D eigenvalue weighted by Gasteiger charge is -2.24. The van der Waals surface area contributed by atoms with Crippen LogP contribution in [0.3, 0.4) is 0 Å². The Hall–Kier alpha value is -0.780. The predicted molar refractivity (Wildman–Crippen MR) is 42.6 cm³/mol. The Kier molecular flexibility index (Phi) is 2.30. The first-order chi connectivity index (χ1) is 6.08. The Morgan fingerprint density at radius 1 is 1.36 bits per heavy atom. The average Bonchev–Trinajstić information content (AvgIpc) is 2.56. The molecule has 0 aromatic carbocycles. The zero-order valence-electron chi connectivity index (χ0n) is 8.16. The zero-order valence-corrected chi connectivity index (χ0v) is 8.16. The number of nitrogens with one attached hydrogen (secondary N) is 1. The van der Waals surface area contributed by atoms with E-state index in [1.807, 2.05) is 0 Å². The third-order valence-corrected chi connectivity index (χ3v) is 1.75. The quantitative estimate of drug-likeness (QED) is 0.663. The van der Waals surface area contributed by atoms with E-state index in [2.05, 4.69) is 10.1 Å².